The average molecular weight is 346 g/mol. The van der Waals surface area contributed by atoms with E-state index in [1.807, 2.05) is 12.2 Å². The molecule has 0 saturated heterocycles. The highest BCUT2D eigenvalue weighted by Crippen LogP contribution is 2.31. The summed E-state index contributed by atoms with van der Waals surface area (Å²) in [5.74, 6) is 0.954. The molecule has 0 fully saturated rings. The van der Waals surface area contributed by atoms with E-state index in [2.05, 4.69) is 48.6 Å². The van der Waals surface area contributed by atoms with Crippen LogP contribution in [-0.4, -0.2) is 49.5 Å². The minimum Gasteiger partial charge on any atom is -0.486 e. The molecule has 0 saturated carbocycles. The summed E-state index contributed by atoms with van der Waals surface area (Å²) in [4.78, 5) is 2.16. The summed E-state index contributed by atoms with van der Waals surface area (Å²) in [6.07, 6.45) is 14.9. The molecule has 3 aliphatic rings. The van der Waals surface area contributed by atoms with E-state index in [4.69, 9.17) is 9.84 Å². The van der Waals surface area contributed by atoms with Gasteiger partial charge in [0, 0.05) is 31.4 Å². The molecular formula is C20H27FN2O2. The largest absolute Gasteiger partial charge is 0.486 e. The molecule has 0 spiro atoms. The fourth-order valence-corrected chi connectivity index (χ4v) is 3.38. The Kier molecular flexibility index (Phi) is 5.63. The van der Waals surface area contributed by atoms with Crippen molar-refractivity contribution in [1.29, 1.82) is 0 Å². The first-order valence-electron chi connectivity index (χ1n) is 8.87. The number of ether oxygens (including phenoxy) is 1. The quantitative estimate of drug-likeness (QED) is 0.726. The van der Waals surface area contributed by atoms with Gasteiger partial charge in [-0.1, -0.05) is 18.2 Å². The molecule has 0 radical (unpaired) electrons. The molecule has 0 aromatic carbocycles. The van der Waals surface area contributed by atoms with Crippen molar-refractivity contribution in [1.82, 2.24) is 10.2 Å². The molecule has 5 heteroatoms. The molecule has 2 aliphatic carbocycles. The Bertz CT molecular complexity index is 642. The van der Waals surface area contributed by atoms with Gasteiger partial charge in [-0.25, -0.2) is 4.39 Å². The molecule has 1 heterocycles. The van der Waals surface area contributed by atoms with Crippen molar-refractivity contribution in [3.8, 4) is 0 Å². The van der Waals surface area contributed by atoms with Gasteiger partial charge in [0.2, 0.25) is 0 Å². The van der Waals surface area contributed by atoms with Crippen LogP contribution in [0, 0.1) is 5.92 Å². The molecule has 0 aromatic rings. The monoisotopic (exact) mass is 346 g/mol. The molecule has 2 N–H and O–H groups in total. The topological polar surface area (TPSA) is 44.7 Å². The molecule has 0 amide bonds. The van der Waals surface area contributed by atoms with Crippen LogP contribution < -0.4 is 5.32 Å². The smallest absolute Gasteiger partial charge is 0.150 e. The highest BCUT2D eigenvalue weighted by atomic mass is 19.1. The van der Waals surface area contributed by atoms with Crippen molar-refractivity contribution >= 4 is 0 Å². The van der Waals surface area contributed by atoms with Gasteiger partial charge in [-0.15, -0.1) is 0 Å². The standard InChI is InChI=1S/C20H27FN2O2/c1-23(2)16-7-3-14(4-8-16)19-10-6-15-5-9-17(11-20(15)22-19)25-18(12-21)13-24/h3,6-7,9-11,15,18-19,22,24H,4-5,8,12-13H2,1-2H3. The number of aliphatic hydroxyl groups is 1. The number of hydrogen-bond acceptors (Lipinski definition) is 4. The van der Waals surface area contributed by atoms with Crippen molar-refractivity contribution in [2.24, 2.45) is 5.92 Å². The lowest BCUT2D eigenvalue weighted by Crippen LogP contribution is -2.36. The second-order valence-corrected chi connectivity index (χ2v) is 6.93. The van der Waals surface area contributed by atoms with E-state index in [0.29, 0.717) is 11.7 Å². The van der Waals surface area contributed by atoms with E-state index in [1.54, 1.807) is 0 Å². The molecule has 0 aromatic heterocycles. The number of nitrogens with one attached hydrogen (secondary N) is 1. The van der Waals surface area contributed by atoms with Crippen molar-refractivity contribution in [3.63, 3.8) is 0 Å². The van der Waals surface area contributed by atoms with Crippen LogP contribution in [0.3, 0.4) is 0 Å². The molecule has 1 aliphatic heterocycles. The van der Waals surface area contributed by atoms with Gasteiger partial charge in [0.25, 0.3) is 0 Å². The lowest BCUT2D eigenvalue weighted by Gasteiger charge is -2.33. The number of aliphatic hydroxyl groups excluding tert-OH is 1. The number of alkyl halides is 1. The number of nitrogens with zero attached hydrogens (tertiary/aromatic N) is 1. The van der Waals surface area contributed by atoms with Crippen LogP contribution in [0.25, 0.3) is 0 Å². The van der Waals surface area contributed by atoms with E-state index < -0.39 is 12.8 Å². The van der Waals surface area contributed by atoms with Crippen LogP contribution >= 0.6 is 0 Å². The number of allylic oxidation sites excluding steroid dienone is 6. The van der Waals surface area contributed by atoms with Crippen LogP contribution in [0.15, 0.2) is 59.2 Å². The highest BCUT2D eigenvalue weighted by Gasteiger charge is 2.25. The third kappa shape index (κ3) is 4.15. The lowest BCUT2D eigenvalue weighted by molar-refractivity contribution is 0.0453. The predicted octanol–water partition coefficient (Wildman–Crippen LogP) is 2.81. The third-order valence-electron chi connectivity index (χ3n) is 4.94. The summed E-state index contributed by atoms with van der Waals surface area (Å²) in [5.41, 5.74) is 3.82. The summed E-state index contributed by atoms with van der Waals surface area (Å²) in [7, 11) is 4.15. The SMILES string of the molecule is CN(C)C1=CC=C(C2C=CC3CC=C(OC(CO)CF)C=C3N2)CC1. The number of hydrogen-bond donors (Lipinski definition) is 2. The molecule has 3 unspecified atom stereocenters. The second-order valence-electron chi connectivity index (χ2n) is 6.93. The van der Waals surface area contributed by atoms with Gasteiger partial charge in [0.1, 0.15) is 18.5 Å². The average Bonchev–Trinajstić information content (AvgIpc) is 2.65. The fourth-order valence-electron chi connectivity index (χ4n) is 3.38. The summed E-state index contributed by atoms with van der Waals surface area (Å²) in [6, 6.07) is 0.191. The summed E-state index contributed by atoms with van der Waals surface area (Å²) in [6.45, 7) is -1.01. The van der Waals surface area contributed by atoms with E-state index in [9.17, 15) is 4.39 Å². The van der Waals surface area contributed by atoms with Gasteiger partial charge < -0.3 is 20.1 Å². The number of rotatable bonds is 6. The zero-order chi connectivity index (χ0) is 17.8. The van der Waals surface area contributed by atoms with Crippen LogP contribution in [-0.2, 0) is 4.74 Å². The Labute approximate surface area is 149 Å². The van der Waals surface area contributed by atoms with E-state index in [0.717, 1.165) is 25.0 Å². The number of halogens is 1. The first kappa shape index (κ1) is 17.8. The second kappa shape index (κ2) is 7.91. The van der Waals surface area contributed by atoms with Crippen LogP contribution in [0.4, 0.5) is 4.39 Å². The van der Waals surface area contributed by atoms with Gasteiger partial charge in [-0.05, 0) is 43.1 Å². The van der Waals surface area contributed by atoms with Gasteiger partial charge in [0.15, 0.2) is 0 Å². The van der Waals surface area contributed by atoms with Gasteiger partial charge in [0.05, 0.1) is 12.6 Å². The molecule has 136 valence electrons. The summed E-state index contributed by atoms with van der Waals surface area (Å²) >= 11 is 0. The normalized spacial score (nSPS) is 26.4. The zero-order valence-corrected chi connectivity index (χ0v) is 14.9. The van der Waals surface area contributed by atoms with Crippen molar-refractivity contribution in [3.05, 3.63) is 59.2 Å². The Morgan fingerprint density at radius 3 is 2.80 bits per heavy atom. The molecule has 3 atom stereocenters. The van der Waals surface area contributed by atoms with Gasteiger partial charge >= 0.3 is 0 Å². The summed E-state index contributed by atoms with van der Waals surface area (Å²) in [5, 5.41) is 12.7. The van der Waals surface area contributed by atoms with E-state index in [1.165, 1.54) is 11.3 Å². The maximum absolute atomic E-state index is 12.8. The molecule has 4 nitrogen and oxygen atoms in total. The van der Waals surface area contributed by atoms with Crippen molar-refractivity contribution < 1.29 is 14.2 Å². The first-order chi connectivity index (χ1) is 12.1. The predicted molar refractivity (Wildman–Crippen MR) is 97.4 cm³/mol. The van der Waals surface area contributed by atoms with Crippen molar-refractivity contribution in [2.75, 3.05) is 27.4 Å². The highest BCUT2D eigenvalue weighted by molar-refractivity contribution is 5.37. The minimum atomic E-state index is -0.787. The Morgan fingerprint density at radius 2 is 2.16 bits per heavy atom. The fraction of sp³-hybridized carbons (Fsp3) is 0.500. The lowest BCUT2D eigenvalue weighted by atomic mass is 9.87. The molecule has 25 heavy (non-hydrogen) atoms. The van der Waals surface area contributed by atoms with Crippen LogP contribution in [0.2, 0.25) is 0 Å². The van der Waals surface area contributed by atoms with Gasteiger partial charge in [-0.3, -0.25) is 0 Å². The van der Waals surface area contributed by atoms with Gasteiger partial charge in [-0.2, -0.15) is 0 Å². The Hall–Kier alpha value is -2.01. The zero-order valence-electron chi connectivity index (χ0n) is 14.9. The first-order valence-corrected chi connectivity index (χ1v) is 8.87. The Morgan fingerprint density at radius 1 is 1.32 bits per heavy atom. The molecular weight excluding hydrogens is 319 g/mol. The molecule has 0 bridgehead atoms. The third-order valence-corrected chi connectivity index (χ3v) is 4.94. The minimum absolute atomic E-state index is 0.191. The summed E-state index contributed by atoms with van der Waals surface area (Å²) < 4.78 is 18.3. The number of fused-ring (bicyclic) bond motifs is 1. The molecule has 3 rings (SSSR count). The van der Waals surface area contributed by atoms with Crippen molar-refractivity contribution in [2.45, 2.75) is 31.4 Å². The Balaban J connectivity index is 1.69. The van der Waals surface area contributed by atoms with Crippen LogP contribution in [0.5, 0.6) is 0 Å². The maximum Gasteiger partial charge on any atom is 0.150 e. The van der Waals surface area contributed by atoms with Crippen LogP contribution in [0.1, 0.15) is 19.3 Å². The van der Waals surface area contributed by atoms with E-state index in [-0.39, 0.29) is 12.6 Å². The van der Waals surface area contributed by atoms with E-state index >= 15 is 0 Å². The maximum atomic E-state index is 12.8.